The van der Waals surface area contributed by atoms with E-state index in [1.54, 1.807) is 24.4 Å². The second kappa shape index (κ2) is 8.18. The molecule has 0 aliphatic heterocycles. The molecule has 8 heteroatoms. The second-order valence-electron chi connectivity index (χ2n) is 6.19. The van der Waals surface area contributed by atoms with Gasteiger partial charge in [-0.3, -0.25) is 14.2 Å². The van der Waals surface area contributed by atoms with E-state index in [2.05, 4.69) is 10.3 Å². The highest BCUT2D eigenvalue weighted by molar-refractivity contribution is 7.12. The number of rotatable bonds is 6. The summed E-state index contributed by atoms with van der Waals surface area (Å²) in [6, 6.07) is 8.04. The van der Waals surface area contributed by atoms with Crippen LogP contribution in [0.5, 0.6) is 0 Å². The van der Waals surface area contributed by atoms with Gasteiger partial charge in [0.25, 0.3) is 0 Å². The molecule has 0 saturated heterocycles. The van der Waals surface area contributed by atoms with Crippen LogP contribution in [0.1, 0.15) is 39.0 Å². The first-order valence-electron chi connectivity index (χ1n) is 8.53. The maximum Gasteiger partial charge on any atom is 0.338 e. The lowest BCUT2D eigenvalue weighted by atomic mass is 10.1. The molecule has 0 radical (unpaired) electrons. The highest BCUT2D eigenvalue weighted by atomic mass is 32.1. The number of aromatic nitrogens is 2. The molecule has 1 amide bonds. The van der Waals surface area contributed by atoms with E-state index in [-0.39, 0.29) is 18.3 Å². The number of hydrogen-bond donors (Lipinski definition) is 1. The number of ketones is 1. The summed E-state index contributed by atoms with van der Waals surface area (Å²) in [5.41, 5.74) is 3.02. The number of benzene rings is 1. The standard InChI is InChI=1S/C20H19N3O4S/c1-12-10-17(13(2)23(12)20-21-8-9-28-20)18(25)11-27-19(26)15-4-6-16(7-5-15)22-14(3)24/h4-10H,11H2,1-3H3,(H,22,24). The molecular formula is C20H19N3O4S. The molecule has 3 rings (SSSR count). The number of thiazole rings is 1. The van der Waals surface area contributed by atoms with E-state index in [1.807, 2.05) is 23.8 Å². The van der Waals surface area contributed by atoms with Crippen molar-refractivity contribution in [2.24, 2.45) is 0 Å². The summed E-state index contributed by atoms with van der Waals surface area (Å²) in [7, 11) is 0. The molecule has 0 atom stereocenters. The lowest BCUT2D eigenvalue weighted by molar-refractivity contribution is -0.114. The number of anilines is 1. The minimum atomic E-state index is -0.601. The van der Waals surface area contributed by atoms with Gasteiger partial charge in [0.2, 0.25) is 11.7 Å². The first-order valence-corrected chi connectivity index (χ1v) is 9.41. The molecule has 2 heterocycles. The topological polar surface area (TPSA) is 90.3 Å². The summed E-state index contributed by atoms with van der Waals surface area (Å²) in [6.45, 7) is 4.78. The van der Waals surface area contributed by atoms with Crippen molar-refractivity contribution in [2.45, 2.75) is 20.8 Å². The van der Waals surface area contributed by atoms with Gasteiger partial charge in [0, 0.05) is 41.1 Å². The van der Waals surface area contributed by atoms with E-state index in [1.165, 1.54) is 30.4 Å². The number of hydrogen-bond acceptors (Lipinski definition) is 6. The average molecular weight is 397 g/mol. The van der Waals surface area contributed by atoms with E-state index in [0.717, 1.165) is 16.5 Å². The minimum absolute atomic E-state index is 0.198. The SMILES string of the molecule is CC(=O)Nc1ccc(C(=O)OCC(=O)c2cc(C)n(-c3nccs3)c2C)cc1. The number of amides is 1. The normalized spacial score (nSPS) is 10.5. The van der Waals surface area contributed by atoms with Crippen LogP contribution in [0.15, 0.2) is 41.9 Å². The van der Waals surface area contributed by atoms with E-state index < -0.39 is 5.97 Å². The molecule has 0 unspecified atom stereocenters. The first-order chi connectivity index (χ1) is 13.4. The number of ether oxygens (including phenoxy) is 1. The number of nitrogens with zero attached hydrogens (tertiary/aromatic N) is 2. The van der Waals surface area contributed by atoms with Crippen molar-refractivity contribution in [3.63, 3.8) is 0 Å². The zero-order valence-corrected chi connectivity index (χ0v) is 16.5. The first kappa shape index (κ1) is 19.5. The van der Waals surface area contributed by atoms with E-state index in [4.69, 9.17) is 4.74 Å². The van der Waals surface area contributed by atoms with Gasteiger partial charge >= 0.3 is 5.97 Å². The molecule has 7 nitrogen and oxygen atoms in total. The van der Waals surface area contributed by atoms with Crippen LogP contribution in [-0.2, 0) is 9.53 Å². The molecule has 0 aliphatic rings. The number of aryl methyl sites for hydroxylation is 1. The van der Waals surface area contributed by atoms with Gasteiger partial charge in [-0.05, 0) is 44.2 Å². The van der Waals surface area contributed by atoms with Gasteiger partial charge in [-0.2, -0.15) is 0 Å². The van der Waals surface area contributed by atoms with Gasteiger partial charge in [0.15, 0.2) is 11.7 Å². The molecule has 0 bridgehead atoms. The molecule has 3 aromatic rings. The summed E-state index contributed by atoms with van der Waals surface area (Å²) >= 11 is 1.48. The fraction of sp³-hybridized carbons (Fsp3) is 0.200. The van der Waals surface area contributed by atoms with E-state index >= 15 is 0 Å². The summed E-state index contributed by atoms with van der Waals surface area (Å²) < 4.78 is 7.07. The van der Waals surface area contributed by atoms with Crippen LogP contribution in [0, 0.1) is 13.8 Å². The van der Waals surface area contributed by atoms with Crippen molar-refractivity contribution in [3.05, 3.63) is 64.4 Å². The molecule has 144 valence electrons. The molecule has 28 heavy (non-hydrogen) atoms. The molecule has 0 fully saturated rings. The molecule has 1 aromatic carbocycles. The number of carbonyl (C=O) groups is 3. The largest absolute Gasteiger partial charge is 0.454 e. The van der Waals surface area contributed by atoms with E-state index in [0.29, 0.717) is 16.8 Å². The zero-order valence-electron chi connectivity index (χ0n) is 15.7. The zero-order chi connectivity index (χ0) is 20.3. The molecule has 0 aliphatic carbocycles. The highest BCUT2D eigenvalue weighted by Crippen LogP contribution is 2.22. The molecular weight excluding hydrogens is 378 g/mol. The summed E-state index contributed by atoms with van der Waals surface area (Å²) in [4.78, 5) is 40.0. The van der Waals surface area contributed by atoms with Gasteiger partial charge in [-0.25, -0.2) is 9.78 Å². The van der Waals surface area contributed by atoms with Crippen molar-refractivity contribution in [3.8, 4) is 5.13 Å². The van der Waals surface area contributed by atoms with Gasteiger partial charge in [0.05, 0.1) is 5.56 Å². The molecule has 0 saturated carbocycles. The van der Waals surface area contributed by atoms with Crippen LogP contribution >= 0.6 is 11.3 Å². The van der Waals surface area contributed by atoms with Crippen LogP contribution in [-0.4, -0.2) is 33.8 Å². The molecule has 1 N–H and O–H groups in total. The lowest BCUT2D eigenvalue weighted by Crippen LogP contribution is -2.15. The smallest absolute Gasteiger partial charge is 0.338 e. The maximum absolute atomic E-state index is 12.6. The third kappa shape index (κ3) is 4.17. The lowest BCUT2D eigenvalue weighted by Gasteiger charge is -2.07. The molecule has 0 spiro atoms. The van der Waals surface area contributed by atoms with Crippen molar-refractivity contribution in [2.75, 3.05) is 11.9 Å². The number of carbonyl (C=O) groups excluding carboxylic acids is 3. The van der Waals surface area contributed by atoms with Crippen LogP contribution in [0.2, 0.25) is 0 Å². The van der Waals surface area contributed by atoms with Crippen LogP contribution in [0.3, 0.4) is 0 Å². The van der Waals surface area contributed by atoms with Gasteiger partial charge < -0.3 is 10.1 Å². The Labute approximate surface area is 166 Å². The Balaban J connectivity index is 1.66. The Morgan fingerprint density at radius 3 is 2.50 bits per heavy atom. The monoisotopic (exact) mass is 397 g/mol. The molecule has 2 aromatic heterocycles. The van der Waals surface area contributed by atoms with Crippen molar-refractivity contribution >= 4 is 34.7 Å². The number of esters is 1. The third-order valence-corrected chi connectivity index (χ3v) is 4.87. The second-order valence-corrected chi connectivity index (χ2v) is 7.07. The number of Topliss-reactive ketones (excluding diaryl/α,β-unsaturated/α-hetero) is 1. The Morgan fingerprint density at radius 2 is 1.89 bits per heavy atom. The average Bonchev–Trinajstić information content (AvgIpc) is 3.27. The van der Waals surface area contributed by atoms with Crippen molar-refractivity contribution < 1.29 is 19.1 Å². The Kier molecular flexibility index (Phi) is 5.70. The van der Waals surface area contributed by atoms with E-state index in [9.17, 15) is 14.4 Å². The van der Waals surface area contributed by atoms with Gasteiger partial charge in [-0.1, -0.05) is 0 Å². The number of nitrogens with one attached hydrogen (secondary N) is 1. The highest BCUT2D eigenvalue weighted by Gasteiger charge is 2.19. The third-order valence-electron chi connectivity index (χ3n) is 4.12. The summed E-state index contributed by atoms with van der Waals surface area (Å²) in [5, 5.41) is 5.27. The quantitative estimate of drug-likeness (QED) is 0.507. The predicted octanol–water partition coefficient (Wildman–Crippen LogP) is 3.55. The van der Waals surface area contributed by atoms with Crippen LogP contribution in [0.25, 0.3) is 5.13 Å². The Hall–Kier alpha value is -3.26. The van der Waals surface area contributed by atoms with Crippen molar-refractivity contribution in [1.82, 2.24) is 9.55 Å². The fourth-order valence-corrected chi connectivity index (χ4v) is 3.60. The summed E-state index contributed by atoms with van der Waals surface area (Å²) in [6.07, 6.45) is 1.71. The van der Waals surface area contributed by atoms with Gasteiger partial charge in [0.1, 0.15) is 0 Å². The maximum atomic E-state index is 12.6. The summed E-state index contributed by atoms with van der Waals surface area (Å²) in [5.74, 6) is -1.08. The van der Waals surface area contributed by atoms with Crippen LogP contribution < -0.4 is 5.32 Å². The Morgan fingerprint density at radius 1 is 1.18 bits per heavy atom. The van der Waals surface area contributed by atoms with Gasteiger partial charge in [-0.15, -0.1) is 11.3 Å². The van der Waals surface area contributed by atoms with Crippen LogP contribution in [0.4, 0.5) is 5.69 Å². The van der Waals surface area contributed by atoms with Crippen molar-refractivity contribution in [1.29, 1.82) is 0 Å². The minimum Gasteiger partial charge on any atom is -0.454 e. The Bertz CT molecular complexity index is 1020. The fourth-order valence-electron chi connectivity index (χ4n) is 2.85. The predicted molar refractivity (Wildman–Crippen MR) is 106 cm³/mol.